The first-order chi connectivity index (χ1) is 63.7. The fourth-order valence-corrected chi connectivity index (χ4v) is 15.5. The van der Waals surface area contributed by atoms with Gasteiger partial charge in [-0.15, -0.1) is 11.6 Å². The zero-order valence-corrected chi connectivity index (χ0v) is 86.8. The maximum atomic E-state index is 13.2. The number of nitrogens with zero attached hydrogens (tertiary/aromatic N) is 18. The molecule has 1 radical (unpaired) electrons. The summed E-state index contributed by atoms with van der Waals surface area (Å²) in [5.41, 5.74) is 31.0. The first kappa shape index (κ1) is 110. The van der Waals surface area contributed by atoms with Crippen LogP contribution in [0.2, 0.25) is 0 Å². The van der Waals surface area contributed by atoms with Gasteiger partial charge in [-0.2, -0.15) is 9.97 Å². The van der Waals surface area contributed by atoms with E-state index < -0.39 is 31.8 Å². The van der Waals surface area contributed by atoms with Crippen LogP contribution >= 0.6 is 124 Å². The summed E-state index contributed by atoms with van der Waals surface area (Å²) in [5.74, 6) is -1.72. The zero-order chi connectivity index (χ0) is 98.1. The van der Waals surface area contributed by atoms with E-state index in [0.29, 0.717) is 85.6 Å². The number of halogens is 9. The molecular formula is C88H98BBr5Cl4N21O15S. The molecule has 0 bridgehead atoms. The van der Waals surface area contributed by atoms with Crippen molar-refractivity contribution in [1.82, 2.24) is 86.4 Å². The van der Waals surface area contributed by atoms with E-state index in [1.807, 2.05) is 130 Å². The number of anilines is 3. The van der Waals surface area contributed by atoms with E-state index >= 15 is 0 Å². The number of alkyl halides is 1. The van der Waals surface area contributed by atoms with Crippen LogP contribution in [0.25, 0.3) is 61.6 Å². The number of likely N-dealkylation sites (tertiary alicyclic amines) is 1. The molecular weight excluding hydrogens is 2180 g/mol. The number of nitrogens with two attached hydrogens (primary N) is 3. The fraction of sp³-hybridized carbons (Fsp3) is 0.307. The minimum atomic E-state index is -1.67. The number of aromatic nitrogens is 13. The van der Waals surface area contributed by atoms with Gasteiger partial charge in [-0.1, -0.05) is 24.0 Å². The average molecular weight is 2270 g/mol. The number of carboxylic acid groups (broad SMARTS) is 1. The zero-order valence-electron chi connectivity index (χ0n) is 75.0. The minimum absolute atomic E-state index is 0. The molecule has 47 heteroatoms. The summed E-state index contributed by atoms with van der Waals surface area (Å²) in [5, 5.41) is 16.0. The van der Waals surface area contributed by atoms with Gasteiger partial charge >= 0.3 is 25.4 Å². The SMILES string of the molecule is CCOC(=O)C(Cl)C(C)=O.CCOC(=O)c1c(C)nc2ccc(Br)cn12.CN1CCCCC1.Cc1nc2ccc(-c3ccc4oc(N)nc4c3)cn2c1C(=O)N1CCN(C)CC1.Cc1nc2ccc(Br)cn2c1C(=O)Cl.Cc1nc2ccc(Br)cn2c1C(=O)N1CCN(C)CC1.Cc1nc2ccc(Br)cn2c1C(=O)O.Nc1ccc(Br)cn1.Nc1nc2cc([B]O)ccc2o1.O.O=S(Cl)Cl. The number of hydrogen-bond donors (Lipinski definition) is 5. The third kappa shape index (κ3) is 31.1. The lowest BCUT2D eigenvalue weighted by atomic mass is 9.89. The molecule has 36 nitrogen and oxygen atoms in total. The van der Waals surface area contributed by atoms with Crippen molar-refractivity contribution in [3.63, 3.8) is 0 Å². The van der Waals surface area contributed by atoms with Gasteiger partial charge in [0.25, 0.3) is 29.1 Å². The second-order valence-corrected chi connectivity index (χ2v) is 37.9. The van der Waals surface area contributed by atoms with Gasteiger partial charge in [0.1, 0.15) is 62.2 Å². The molecule has 10 N–H and O–H groups in total. The molecule has 2 amide bonds. The number of esters is 2. The van der Waals surface area contributed by atoms with Crippen molar-refractivity contribution in [3.05, 3.63) is 226 Å². The smallest absolute Gasteiger partial charge is 0.357 e. The lowest BCUT2D eigenvalue weighted by molar-refractivity contribution is -0.144. The predicted molar refractivity (Wildman–Crippen MR) is 542 cm³/mol. The quantitative estimate of drug-likeness (QED) is 0.0264. The number of piperazine rings is 2. The molecule has 135 heavy (non-hydrogen) atoms. The molecule has 1 atom stereocenters. The molecule has 717 valence electrons. The van der Waals surface area contributed by atoms with Crippen LogP contribution in [0.1, 0.15) is 121 Å². The number of benzene rings is 2. The molecule has 2 aromatic carbocycles. The standard InChI is InChI=1S/C21H22N6O2.C14H17BrN4O.C11H11BrN2O2.C9H6BrClN2O.C9H7BrN2O2.C7H6BN2O2.C6H9ClO3.C6H13N.C5H5BrN2.Cl2OS.H2O/c1-13-19(20(28)26-9-7-25(2)8-10-26)27-12-15(4-6-18(27)23-13)14-3-5-17-16(11-14)24-21(22)29-17;1-10-13(14(20)18-7-5-17(2)6-8-18)19-9-11(15)3-4-12(19)16-10;1-3-16-11(15)10-7(2)13-9-5-4-8(12)6-14(9)10;1-5-8(9(11)14)13-4-6(10)2-3-7(13)12-5;1-5-8(9(13)14)12-4-6(10)2-3-7(12)11-5;9-7-10-5-3-4(8-11)1-2-6(5)12-7;1-3-10-6(9)5(7)4(2)8;1-7-5-3-2-4-6-7;6-4-1-2-5(7)8-3-4;1-4(2)3;/h3-6,11-12H,7-10H2,1-2H3,(H2,22,24);3-4,9H,5-8H2,1-2H3;4-6H,3H2,1-2H3;2-4H,1H3;2-4H,1H3,(H,13,14);1-3,11H,(H2,9,10);5H,3H2,1-2H3;2-6H2,1H3;1-3H,(H2,7,8);;1H2. The van der Waals surface area contributed by atoms with Crippen LogP contribution in [0.5, 0.6) is 0 Å². The Bertz CT molecular complexity index is 6560. The van der Waals surface area contributed by atoms with Crippen molar-refractivity contribution >= 4 is 255 Å². The monoisotopic (exact) mass is 2270 g/mol. The molecule has 3 fully saturated rings. The fourth-order valence-electron chi connectivity index (χ4n) is 13.6. The number of carboxylic acids is 1. The number of carbonyl (C=O) groups excluding carboxylic acids is 6. The number of fused-ring (bicyclic) bond motifs is 7. The molecule has 18 rings (SSSR count). The van der Waals surface area contributed by atoms with E-state index in [4.69, 9.17) is 68.3 Å². The number of carbonyl (C=O) groups is 7. The van der Waals surface area contributed by atoms with Gasteiger partial charge in [0.15, 0.2) is 33.7 Å². The highest BCUT2D eigenvalue weighted by Gasteiger charge is 2.29. The first-order valence-electron chi connectivity index (χ1n) is 41.2. The average Bonchev–Trinajstić information content (AvgIpc) is 1.63. The number of pyridine rings is 6. The van der Waals surface area contributed by atoms with Crippen LogP contribution in [-0.2, 0) is 28.3 Å². The molecule has 3 aliphatic rings. The highest BCUT2D eigenvalue weighted by molar-refractivity contribution is 9.11. The lowest BCUT2D eigenvalue weighted by Gasteiger charge is -2.32. The van der Waals surface area contributed by atoms with Crippen LogP contribution in [-0.4, -0.2) is 260 Å². The van der Waals surface area contributed by atoms with E-state index in [1.54, 1.807) is 96.7 Å². The summed E-state index contributed by atoms with van der Waals surface area (Å²) in [6, 6.07) is 33.5. The second kappa shape index (κ2) is 52.3. The highest BCUT2D eigenvalue weighted by Crippen LogP contribution is 2.29. The van der Waals surface area contributed by atoms with Crippen LogP contribution in [0.4, 0.5) is 17.8 Å². The predicted octanol–water partition coefficient (Wildman–Crippen LogP) is 14.8. The number of aryl methyl sites for hydroxylation is 5. The van der Waals surface area contributed by atoms with E-state index in [1.165, 1.54) is 39.3 Å². The summed E-state index contributed by atoms with van der Waals surface area (Å²) in [6.45, 7) is 23.6. The summed E-state index contributed by atoms with van der Waals surface area (Å²) in [4.78, 5) is 125. The Balaban J connectivity index is 0.000000191. The summed E-state index contributed by atoms with van der Waals surface area (Å²) >= 11 is 27.4. The summed E-state index contributed by atoms with van der Waals surface area (Å²) in [7, 11) is 14.7. The van der Waals surface area contributed by atoms with Crippen LogP contribution in [0.15, 0.2) is 178 Å². The van der Waals surface area contributed by atoms with Crippen LogP contribution in [0, 0.1) is 34.6 Å². The van der Waals surface area contributed by atoms with Gasteiger partial charge in [-0.3, -0.25) is 41.2 Å². The van der Waals surface area contributed by atoms with Crippen molar-refractivity contribution in [1.29, 1.82) is 0 Å². The Morgan fingerprint density at radius 3 is 1.23 bits per heavy atom. The third-order valence-electron chi connectivity index (χ3n) is 20.2. The first-order valence-corrected chi connectivity index (χ1v) is 48.8. The molecule has 3 saturated heterocycles. The molecule has 3 aliphatic heterocycles. The molecule has 16 heterocycles. The van der Waals surface area contributed by atoms with Gasteiger partial charge in [0.2, 0.25) is 9.23 Å². The maximum Gasteiger partial charge on any atom is 0.357 e. The van der Waals surface area contributed by atoms with Crippen molar-refractivity contribution in [2.24, 2.45) is 0 Å². The Morgan fingerprint density at radius 2 is 0.844 bits per heavy atom. The highest BCUT2D eigenvalue weighted by atomic mass is 79.9. The largest absolute Gasteiger partial charge is 0.477 e. The van der Waals surface area contributed by atoms with Crippen molar-refractivity contribution in [3.8, 4) is 11.1 Å². The van der Waals surface area contributed by atoms with Crippen LogP contribution < -0.4 is 22.7 Å². The number of nitrogen functional groups attached to an aromatic ring is 3. The Kier molecular flexibility index (Phi) is 42.6. The Labute approximate surface area is 840 Å². The molecule has 1 unspecified atom stereocenters. The molecule has 13 aromatic heterocycles. The van der Waals surface area contributed by atoms with E-state index in [9.17, 15) is 33.6 Å². The minimum Gasteiger partial charge on any atom is -0.477 e. The van der Waals surface area contributed by atoms with Gasteiger partial charge in [0.05, 0.1) is 41.7 Å². The Morgan fingerprint density at radius 1 is 0.481 bits per heavy atom. The number of rotatable bonds is 11. The Hall–Kier alpha value is -10.4. The molecule has 0 saturated carbocycles. The number of hydrogen-bond acceptors (Lipinski definition) is 27. The third-order valence-corrected chi connectivity index (χ3v) is 23.2. The van der Waals surface area contributed by atoms with Crippen molar-refractivity contribution in [2.45, 2.75) is 80.0 Å². The van der Waals surface area contributed by atoms with Crippen molar-refractivity contribution < 1.29 is 71.7 Å². The summed E-state index contributed by atoms with van der Waals surface area (Å²) < 4.78 is 42.2. The number of Topliss-reactive ketones (excluding diaryl/α,β-unsaturated/α-hetero) is 1. The number of likely N-dealkylation sites (N-methyl/N-ethyl adjacent to an activating group) is 2. The summed E-state index contributed by atoms with van der Waals surface area (Å²) in [6.07, 6.45) is 15.1. The molecule has 0 aliphatic carbocycles. The normalized spacial score (nSPS) is 13.3. The number of imidazole rings is 5. The number of ketones is 1. The lowest BCUT2D eigenvalue weighted by Crippen LogP contribution is -2.47. The topological polar surface area (TPSA) is 473 Å². The number of ether oxygens (including phenoxy) is 2. The van der Waals surface area contributed by atoms with E-state index in [2.05, 4.69) is 181 Å². The number of oxazole rings is 2. The van der Waals surface area contributed by atoms with Gasteiger partial charge < -0.3 is 75.6 Å². The molecule has 15 aromatic rings. The van der Waals surface area contributed by atoms with Gasteiger partial charge in [-0.05, 0) is 302 Å². The second-order valence-electron chi connectivity index (χ2n) is 30.0. The van der Waals surface area contributed by atoms with Gasteiger partial charge in [0, 0.05) is 133 Å². The van der Waals surface area contributed by atoms with E-state index in [-0.39, 0.29) is 53.4 Å². The number of piperidine rings is 1. The molecule has 0 spiro atoms. The van der Waals surface area contributed by atoms with E-state index in [0.717, 1.165) is 127 Å². The maximum absolute atomic E-state index is 13.2. The van der Waals surface area contributed by atoms with Gasteiger partial charge in [-0.25, -0.2) is 48.5 Å². The van der Waals surface area contributed by atoms with Crippen molar-refractivity contribution in [2.75, 3.05) is 117 Å². The number of amides is 2. The number of aromatic carboxylic acids is 1. The van der Waals surface area contributed by atoms with Crippen LogP contribution in [0.3, 0.4) is 0 Å².